The first-order valence-electron chi connectivity index (χ1n) is 9.03. The number of methoxy groups -OCH3 is 2. The summed E-state index contributed by atoms with van der Waals surface area (Å²) in [6.45, 7) is 2.15. The first-order chi connectivity index (χ1) is 13.7. The molecule has 1 amide bonds. The molecule has 3 aromatic rings. The number of ether oxygens (including phenoxy) is 2. The van der Waals surface area contributed by atoms with Gasteiger partial charge in [-0.05, 0) is 30.2 Å². The Balaban J connectivity index is 1.67. The van der Waals surface area contributed by atoms with Crippen LogP contribution >= 0.6 is 0 Å². The van der Waals surface area contributed by atoms with Gasteiger partial charge >= 0.3 is 0 Å². The molecule has 1 aromatic heterocycles. The van der Waals surface area contributed by atoms with E-state index in [1.165, 1.54) is 0 Å². The zero-order valence-corrected chi connectivity index (χ0v) is 16.1. The molecule has 3 rings (SSSR count). The lowest BCUT2D eigenvalue weighted by Crippen LogP contribution is -2.28. The van der Waals surface area contributed by atoms with E-state index in [4.69, 9.17) is 14.0 Å². The lowest BCUT2D eigenvalue weighted by molar-refractivity contribution is -0.122. The summed E-state index contributed by atoms with van der Waals surface area (Å²) in [7, 11) is 3.14. The second-order valence-corrected chi connectivity index (χ2v) is 6.17. The normalized spacial score (nSPS) is 11.7. The Morgan fingerprint density at radius 1 is 1.11 bits per heavy atom. The minimum absolute atomic E-state index is 0.0698. The Bertz CT molecular complexity index is 924. The third-order valence-corrected chi connectivity index (χ3v) is 4.45. The lowest BCUT2D eigenvalue weighted by atomic mass is 9.96. The van der Waals surface area contributed by atoms with Gasteiger partial charge in [0.2, 0.25) is 17.6 Å². The number of carbonyl (C=O) groups is 1. The second-order valence-electron chi connectivity index (χ2n) is 6.17. The standard InChI is InChI=1S/C21H23N3O4/c1-4-16(14-8-6-5-7-9-14)21(25)22-13-19-23-20(24-28-19)15-10-11-17(26-2)18(12-15)27-3/h5-12,16H,4,13H2,1-3H3,(H,22,25). The van der Waals surface area contributed by atoms with Gasteiger partial charge in [0.15, 0.2) is 11.5 Å². The maximum Gasteiger partial charge on any atom is 0.246 e. The SMILES string of the molecule is CCC(C(=O)NCc1nc(-c2ccc(OC)c(OC)c2)no1)c1ccccc1. The van der Waals surface area contributed by atoms with Gasteiger partial charge in [0.25, 0.3) is 0 Å². The first kappa shape index (κ1) is 19.4. The van der Waals surface area contributed by atoms with Crippen LogP contribution in [0.25, 0.3) is 11.4 Å². The van der Waals surface area contributed by atoms with Gasteiger partial charge in [0.05, 0.1) is 26.7 Å². The van der Waals surface area contributed by atoms with Crippen LogP contribution < -0.4 is 14.8 Å². The first-order valence-corrected chi connectivity index (χ1v) is 9.03. The molecular weight excluding hydrogens is 358 g/mol. The summed E-state index contributed by atoms with van der Waals surface area (Å²) in [4.78, 5) is 16.9. The van der Waals surface area contributed by atoms with Crippen LogP contribution in [0.15, 0.2) is 53.1 Å². The minimum Gasteiger partial charge on any atom is -0.493 e. The van der Waals surface area contributed by atoms with Crippen molar-refractivity contribution in [2.45, 2.75) is 25.8 Å². The Morgan fingerprint density at radius 2 is 1.86 bits per heavy atom. The summed E-state index contributed by atoms with van der Waals surface area (Å²) in [5.74, 6) is 1.66. The molecule has 0 radical (unpaired) electrons. The molecule has 7 heteroatoms. The van der Waals surface area contributed by atoms with Crippen LogP contribution in [0.3, 0.4) is 0 Å². The number of hydrogen-bond donors (Lipinski definition) is 1. The van der Waals surface area contributed by atoms with Gasteiger partial charge in [0.1, 0.15) is 0 Å². The van der Waals surface area contributed by atoms with Crippen molar-refractivity contribution in [3.05, 3.63) is 60.0 Å². The zero-order chi connectivity index (χ0) is 19.9. The predicted molar refractivity (Wildman–Crippen MR) is 104 cm³/mol. The molecule has 28 heavy (non-hydrogen) atoms. The van der Waals surface area contributed by atoms with E-state index in [0.29, 0.717) is 29.6 Å². The second kappa shape index (κ2) is 9.03. The van der Waals surface area contributed by atoms with Gasteiger partial charge in [-0.15, -0.1) is 0 Å². The molecule has 7 nitrogen and oxygen atoms in total. The monoisotopic (exact) mass is 381 g/mol. The highest BCUT2D eigenvalue weighted by atomic mass is 16.5. The van der Waals surface area contributed by atoms with Crippen molar-refractivity contribution in [3.63, 3.8) is 0 Å². The van der Waals surface area contributed by atoms with Gasteiger partial charge in [-0.3, -0.25) is 4.79 Å². The van der Waals surface area contributed by atoms with Gasteiger partial charge in [-0.2, -0.15) is 4.98 Å². The Hall–Kier alpha value is -3.35. The molecule has 146 valence electrons. The van der Waals surface area contributed by atoms with E-state index in [2.05, 4.69) is 15.5 Å². The fourth-order valence-corrected chi connectivity index (χ4v) is 2.96. The minimum atomic E-state index is -0.213. The van der Waals surface area contributed by atoms with Crippen molar-refractivity contribution < 1.29 is 18.8 Å². The molecule has 0 aliphatic rings. The summed E-state index contributed by atoms with van der Waals surface area (Å²) in [5.41, 5.74) is 1.72. The average molecular weight is 381 g/mol. The number of amides is 1. The number of benzene rings is 2. The van der Waals surface area contributed by atoms with E-state index < -0.39 is 0 Å². The van der Waals surface area contributed by atoms with Crippen molar-refractivity contribution in [1.29, 1.82) is 0 Å². The Kier molecular flexibility index (Phi) is 6.26. The largest absolute Gasteiger partial charge is 0.493 e. The zero-order valence-electron chi connectivity index (χ0n) is 16.1. The van der Waals surface area contributed by atoms with E-state index in [9.17, 15) is 4.79 Å². The molecule has 0 saturated heterocycles. The van der Waals surface area contributed by atoms with Crippen LogP contribution in [0.1, 0.15) is 30.7 Å². The van der Waals surface area contributed by atoms with E-state index in [-0.39, 0.29) is 18.4 Å². The number of aromatic nitrogens is 2. The van der Waals surface area contributed by atoms with Gasteiger partial charge < -0.3 is 19.3 Å². The smallest absolute Gasteiger partial charge is 0.246 e. The van der Waals surface area contributed by atoms with Crippen molar-refractivity contribution in [2.24, 2.45) is 0 Å². The van der Waals surface area contributed by atoms with Gasteiger partial charge in [0, 0.05) is 5.56 Å². The van der Waals surface area contributed by atoms with Crippen molar-refractivity contribution in [1.82, 2.24) is 15.5 Å². The fourth-order valence-electron chi connectivity index (χ4n) is 2.96. The van der Waals surface area contributed by atoms with Crippen LogP contribution in [0.5, 0.6) is 11.5 Å². The molecule has 1 atom stereocenters. The Morgan fingerprint density at radius 3 is 2.54 bits per heavy atom. The highest BCUT2D eigenvalue weighted by Gasteiger charge is 2.19. The van der Waals surface area contributed by atoms with Crippen LogP contribution in [0, 0.1) is 0 Å². The van der Waals surface area contributed by atoms with Gasteiger partial charge in [-0.1, -0.05) is 42.4 Å². The molecule has 1 unspecified atom stereocenters. The van der Waals surface area contributed by atoms with Crippen molar-refractivity contribution in [3.8, 4) is 22.9 Å². The van der Waals surface area contributed by atoms with Crippen molar-refractivity contribution in [2.75, 3.05) is 14.2 Å². The summed E-state index contributed by atoms with van der Waals surface area (Å²) in [6, 6.07) is 15.1. The van der Waals surface area contributed by atoms with E-state index in [0.717, 1.165) is 11.1 Å². The number of nitrogens with one attached hydrogen (secondary N) is 1. The third-order valence-electron chi connectivity index (χ3n) is 4.45. The molecule has 0 aliphatic heterocycles. The molecule has 0 saturated carbocycles. The fraction of sp³-hybridized carbons (Fsp3) is 0.286. The molecule has 2 aromatic carbocycles. The number of rotatable bonds is 8. The maximum absolute atomic E-state index is 12.5. The molecule has 1 heterocycles. The predicted octanol–water partition coefficient (Wildman–Crippen LogP) is 3.56. The third kappa shape index (κ3) is 4.31. The lowest BCUT2D eigenvalue weighted by Gasteiger charge is -2.14. The van der Waals surface area contributed by atoms with Crippen LogP contribution in [0.2, 0.25) is 0 Å². The van der Waals surface area contributed by atoms with Crippen molar-refractivity contribution >= 4 is 5.91 Å². The topological polar surface area (TPSA) is 86.5 Å². The van der Waals surface area contributed by atoms with Crippen LogP contribution in [-0.4, -0.2) is 30.3 Å². The molecule has 1 N–H and O–H groups in total. The average Bonchev–Trinajstić information content (AvgIpc) is 3.22. The summed E-state index contributed by atoms with van der Waals surface area (Å²) >= 11 is 0. The van der Waals surface area contributed by atoms with Gasteiger partial charge in [-0.25, -0.2) is 0 Å². The molecule has 0 fully saturated rings. The Labute approximate surface area is 163 Å². The molecular formula is C21H23N3O4. The number of hydrogen-bond acceptors (Lipinski definition) is 6. The highest BCUT2D eigenvalue weighted by molar-refractivity contribution is 5.83. The highest BCUT2D eigenvalue weighted by Crippen LogP contribution is 2.31. The summed E-state index contributed by atoms with van der Waals surface area (Å²) in [5, 5.41) is 6.86. The van der Waals surface area contributed by atoms with Crippen LogP contribution in [0.4, 0.5) is 0 Å². The summed E-state index contributed by atoms with van der Waals surface area (Å²) < 4.78 is 15.8. The number of carbonyl (C=O) groups excluding carboxylic acids is 1. The van der Waals surface area contributed by atoms with E-state index >= 15 is 0 Å². The van der Waals surface area contributed by atoms with E-state index in [1.54, 1.807) is 26.4 Å². The number of nitrogens with zero attached hydrogens (tertiary/aromatic N) is 2. The van der Waals surface area contributed by atoms with Crippen LogP contribution in [-0.2, 0) is 11.3 Å². The maximum atomic E-state index is 12.5. The quantitative estimate of drug-likeness (QED) is 0.642. The molecule has 0 spiro atoms. The van der Waals surface area contributed by atoms with E-state index in [1.807, 2.05) is 43.3 Å². The summed E-state index contributed by atoms with van der Waals surface area (Å²) in [6.07, 6.45) is 0.705. The molecule has 0 bridgehead atoms. The molecule has 0 aliphatic carbocycles.